The minimum absolute atomic E-state index is 0.0630. The Morgan fingerprint density at radius 2 is 2.21 bits per heavy atom. The Hall–Kier alpha value is -2.67. The molecule has 24 heavy (non-hydrogen) atoms. The Morgan fingerprint density at radius 3 is 3.08 bits per heavy atom. The molecule has 0 fully saturated rings. The van der Waals surface area contributed by atoms with Crippen LogP contribution in [0.2, 0.25) is 0 Å². The topological polar surface area (TPSA) is 77.3 Å². The molecule has 0 radical (unpaired) electrons. The summed E-state index contributed by atoms with van der Waals surface area (Å²) in [5.74, 6) is 1.53. The fourth-order valence-corrected chi connectivity index (χ4v) is 3.28. The van der Waals surface area contributed by atoms with Crippen LogP contribution in [0.3, 0.4) is 0 Å². The Bertz CT molecular complexity index is 844. The molecule has 6 nitrogen and oxygen atoms in total. The van der Waals surface area contributed by atoms with E-state index in [-0.39, 0.29) is 18.4 Å². The van der Waals surface area contributed by atoms with Gasteiger partial charge in [-0.05, 0) is 29.5 Å². The van der Waals surface area contributed by atoms with Crippen molar-refractivity contribution in [3.63, 3.8) is 0 Å². The average molecular weight is 341 g/mol. The van der Waals surface area contributed by atoms with Crippen LogP contribution in [0.5, 0.6) is 5.75 Å². The molecule has 0 unspecified atom stereocenters. The van der Waals surface area contributed by atoms with Gasteiger partial charge >= 0.3 is 0 Å². The van der Waals surface area contributed by atoms with Gasteiger partial charge in [-0.15, -0.1) is 11.3 Å². The van der Waals surface area contributed by atoms with E-state index in [0.717, 1.165) is 16.2 Å². The third-order valence-electron chi connectivity index (χ3n) is 3.87. The van der Waals surface area contributed by atoms with Crippen LogP contribution in [0, 0.1) is 5.92 Å². The molecule has 0 saturated carbocycles. The summed E-state index contributed by atoms with van der Waals surface area (Å²) >= 11 is 1.53. The third-order valence-corrected chi connectivity index (χ3v) is 4.73. The highest BCUT2D eigenvalue weighted by Gasteiger charge is 2.25. The zero-order chi connectivity index (χ0) is 16.4. The van der Waals surface area contributed by atoms with E-state index in [4.69, 9.17) is 9.26 Å². The number of rotatable bonds is 4. The molecule has 3 aromatic rings. The number of carbonyl (C=O) groups excluding carboxylic acids is 1. The molecule has 1 atom stereocenters. The molecule has 1 amide bonds. The van der Waals surface area contributed by atoms with Crippen LogP contribution in [0.25, 0.3) is 10.8 Å². The lowest BCUT2D eigenvalue weighted by atomic mass is 9.96. The molecule has 1 aliphatic rings. The number of benzene rings is 1. The van der Waals surface area contributed by atoms with Crippen molar-refractivity contribution in [3.8, 4) is 16.5 Å². The maximum Gasteiger partial charge on any atom is 0.268 e. The summed E-state index contributed by atoms with van der Waals surface area (Å²) in [6, 6.07) is 11.6. The zero-order valence-corrected chi connectivity index (χ0v) is 13.6. The molecule has 1 aromatic carbocycles. The van der Waals surface area contributed by atoms with E-state index in [1.807, 2.05) is 41.8 Å². The van der Waals surface area contributed by atoms with Gasteiger partial charge in [-0.3, -0.25) is 4.79 Å². The monoisotopic (exact) mass is 341 g/mol. The summed E-state index contributed by atoms with van der Waals surface area (Å²) in [5, 5.41) is 8.70. The summed E-state index contributed by atoms with van der Waals surface area (Å²) in [6.07, 6.45) is 0.675. The molecule has 1 aliphatic heterocycles. The summed E-state index contributed by atoms with van der Waals surface area (Å²) in [5.41, 5.74) is 1.06. The highest BCUT2D eigenvalue weighted by atomic mass is 32.1. The van der Waals surface area contributed by atoms with Gasteiger partial charge in [0.15, 0.2) is 5.82 Å². The highest BCUT2D eigenvalue weighted by Crippen LogP contribution is 2.27. The van der Waals surface area contributed by atoms with Gasteiger partial charge in [-0.1, -0.05) is 29.4 Å². The molecular formula is C17H15N3O3S. The molecule has 3 heterocycles. The molecule has 0 aliphatic carbocycles. The van der Waals surface area contributed by atoms with E-state index < -0.39 is 0 Å². The van der Waals surface area contributed by atoms with Gasteiger partial charge in [0, 0.05) is 0 Å². The Morgan fingerprint density at radius 1 is 1.29 bits per heavy atom. The number of nitrogens with zero attached hydrogens (tertiary/aromatic N) is 2. The largest absolute Gasteiger partial charge is 0.492 e. The van der Waals surface area contributed by atoms with Crippen LogP contribution < -0.4 is 10.1 Å². The van der Waals surface area contributed by atoms with Gasteiger partial charge in [0.05, 0.1) is 17.3 Å². The second kappa shape index (κ2) is 6.45. The van der Waals surface area contributed by atoms with E-state index in [2.05, 4.69) is 15.5 Å². The van der Waals surface area contributed by atoms with Gasteiger partial charge in [0.1, 0.15) is 12.4 Å². The van der Waals surface area contributed by atoms with Crippen molar-refractivity contribution in [2.24, 2.45) is 5.92 Å². The van der Waals surface area contributed by atoms with Crippen LogP contribution >= 0.6 is 11.3 Å². The third kappa shape index (κ3) is 3.03. The molecule has 1 N–H and O–H groups in total. The lowest BCUT2D eigenvalue weighted by Gasteiger charge is -2.24. The van der Waals surface area contributed by atoms with E-state index in [9.17, 15) is 4.79 Å². The summed E-state index contributed by atoms with van der Waals surface area (Å²) in [7, 11) is 0. The minimum atomic E-state index is -0.205. The van der Waals surface area contributed by atoms with Crippen molar-refractivity contribution in [3.05, 3.63) is 53.2 Å². The predicted molar refractivity (Wildman–Crippen MR) is 88.6 cm³/mol. The second-order valence-electron chi connectivity index (χ2n) is 5.53. The number of amides is 1. The van der Waals surface area contributed by atoms with Crippen molar-refractivity contribution in [1.29, 1.82) is 0 Å². The SMILES string of the molecule is O=C(NCc1noc(-c2cccs2)n1)[C@H]1COc2ccccc2C1. The standard InChI is InChI=1S/C17H15N3O3S/c21-16(12-8-11-4-1-2-5-13(11)22-10-12)18-9-15-19-17(23-20-15)14-6-3-7-24-14/h1-7,12H,8-10H2,(H,18,21)/t12-/m1/s1. The highest BCUT2D eigenvalue weighted by molar-refractivity contribution is 7.13. The van der Waals surface area contributed by atoms with E-state index in [1.165, 1.54) is 11.3 Å². The Labute approximate surface area is 142 Å². The van der Waals surface area contributed by atoms with Crippen molar-refractivity contribution in [2.45, 2.75) is 13.0 Å². The maximum absolute atomic E-state index is 12.3. The first kappa shape index (κ1) is 14.9. The predicted octanol–water partition coefficient (Wildman–Crippen LogP) is 2.67. The summed E-state index contributed by atoms with van der Waals surface area (Å²) in [4.78, 5) is 17.5. The van der Waals surface area contributed by atoms with Crippen molar-refractivity contribution >= 4 is 17.2 Å². The molecule has 7 heteroatoms. The smallest absolute Gasteiger partial charge is 0.268 e. The summed E-state index contributed by atoms with van der Waals surface area (Å²) < 4.78 is 10.9. The molecule has 4 rings (SSSR count). The van der Waals surface area contributed by atoms with Crippen molar-refractivity contribution in [2.75, 3.05) is 6.61 Å². The molecule has 0 saturated heterocycles. The van der Waals surface area contributed by atoms with Crippen LogP contribution in [-0.2, 0) is 17.8 Å². The minimum Gasteiger partial charge on any atom is -0.492 e. The number of hydrogen-bond donors (Lipinski definition) is 1. The van der Waals surface area contributed by atoms with E-state index in [0.29, 0.717) is 24.7 Å². The molecule has 0 bridgehead atoms. The Balaban J connectivity index is 1.36. The van der Waals surface area contributed by atoms with Crippen molar-refractivity contribution < 1.29 is 14.1 Å². The second-order valence-corrected chi connectivity index (χ2v) is 6.48. The van der Waals surface area contributed by atoms with Crippen LogP contribution in [-0.4, -0.2) is 22.7 Å². The number of para-hydroxylation sites is 1. The number of thiophene rings is 1. The van der Waals surface area contributed by atoms with Crippen molar-refractivity contribution in [1.82, 2.24) is 15.5 Å². The fraction of sp³-hybridized carbons (Fsp3) is 0.235. The van der Waals surface area contributed by atoms with Gasteiger partial charge in [0.2, 0.25) is 5.91 Å². The number of nitrogens with one attached hydrogen (secondary N) is 1. The molecular weight excluding hydrogens is 326 g/mol. The van der Waals surface area contributed by atoms with Crippen LogP contribution in [0.1, 0.15) is 11.4 Å². The van der Waals surface area contributed by atoms with Gasteiger partial charge < -0.3 is 14.6 Å². The maximum atomic E-state index is 12.3. The first-order valence-corrected chi connectivity index (χ1v) is 8.52. The van der Waals surface area contributed by atoms with Gasteiger partial charge in [-0.25, -0.2) is 0 Å². The number of fused-ring (bicyclic) bond motifs is 1. The van der Waals surface area contributed by atoms with E-state index >= 15 is 0 Å². The number of hydrogen-bond acceptors (Lipinski definition) is 6. The first-order valence-electron chi connectivity index (χ1n) is 7.64. The van der Waals surface area contributed by atoms with Crippen LogP contribution in [0.4, 0.5) is 0 Å². The van der Waals surface area contributed by atoms with Gasteiger partial charge in [0.25, 0.3) is 5.89 Å². The van der Waals surface area contributed by atoms with E-state index in [1.54, 1.807) is 0 Å². The molecule has 2 aromatic heterocycles. The zero-order valence-electron chi connectivity index (χ0n) is 12.8. The first-order chi connectivity index (χ1) is 11.8. The number of ether oxygens (including phenoxy) is 1. The average Bonchev–Trinajstić information content (AvgIpc) is 3.30. The number of carbonyl (C=O) groups is 1. The molecule has 0 spiro atoms. The summed E-state index contributed by atoms with van der Waals surface area (Å²) in [6.45, 7) is 0.626. The molecule has 122 valence electrons. The van der Waals surface area contributed by atoms with Gasteiger partial charge in [-0.2, -0.15) is 4.98 Å². The lowest BCUT2D eigenvalue weighted by molar-refractivity contribution is -0.126. The van der Waals surface area contributed by atoms with Crippen LogP contribution in [0.15, 0.2) is 46.3 Å². The Kier molecular flexibility index (Phi) is 4.00. The lowest BCUT2D eigenvalue weighted by Crippen LogP contribution is -2.37. The number of aromatic nitrogens is 2. The quantitative estimate of drug-likeness (QED) is 0.789. The fourth-order valence-electron chi connectivity index (χ4n) is 2.63. The normalized spacial score (nSPS) is 16.2.